The Morgan fingerprint density at radius 3 is 2.56 bits per heavy atom. The molecule has 50 valence electrons. The second-order valence-electron chi connectivity index (χ2n) is 1.88. The van der Waals surface area contributed by atoms with Crippen LogP contribution in [-0.4, -0.2) is 19.1 Å². The predicted octanol–water partition coefficient (Wildman–Crippen LogP) is 1.50. The highest BCUT2D eigenvalue weighted by molar-refractivity contribution is 7.83. The van der Waals surface area contributed by atoms with Crippen LogP contribution in [0.5, 0.6) is 0 Å². The highest BCUT2D eigenvalue weighted by Crippen LogP contribution is 2.22. The van der Waals surface area contributed by atoms with Gasteiger partial charge in [0.1, 0.15) is 0 Å². The maximum Gasteiger partial charge on any atom is 0.185 e. The molecule has 0 aromatic carbocycles. The van der Waals surface area contributed by atoms with E-state index in [4.69, 9.17) is 0 Å². The zero-order valence-electron chi connectivity index (χ0n) is 5.33. The Morgan fingerprint density at radius 2 is 2.33 bits per heavy atom. The van der Waals surface area contributed by atoms with Crippen LogP contribution in [0, 0.1) is 0 Å². The van der Waals surface area contributed by atoms with Crippen LogP contribution in [0.25, 0.3) is 0 Å². The number of anilines is 1. The van der Waals surface area contributed by atoms with Gasteiger partial charge in [-0.3, -0.25) is 0 Å². The van der Waals surface area contributed by atoms with Crippen LogP contribution in [-0.2, 0) is 0 Å². The lowest BCUT2D eigenvalue weighted by molar-refractivity contribution is 1.10. The molecule has 1 aromatic rings. The van der Waals surface area contributed by atoms with Gasteiger partial charge in [-0.25, -0.2) is 4.98 Å². The zero-order valence-corrected chi connectivity index (χ0v) is 7.04. The van der Waals surface area contributed by atoms with Gasteiger partial charge in [0.05, 0.1) is 10.4 Å². The van der Waals surface area contributed by atoms with Crippen molar-refractivity contribution >= 4 is 29.1 Å². The first kappa shape index (κ1) is 6.89. The molecule has 9 heavy (non-hydrogen) atoms. The Kier molecular flexibility index (Phi) is 1.97. The van der Waals surface area contributed by atoms with E-state index in [1.807, 2.05) is 19.0 Å². The van der Waals surface area contributed by atoms with E-state index in [1.54, 1.807) is 17.5 Å². The van der Waals surface area contributed by atoms with Crippen molar-refractivity contribution in [3.05, 3.63) is 6.20 Å². The van der Waals surface area contributed by atoms with Crippen LogP contribution in [0.2, 0.25) is 0 Å². The van der Waals surface area contributed by atoms with Crippen molar-refractivity contribution in [2.24, 2.45) is 0 Å². The van der Waals surface area contributed by atoms with Crippen LogP contribution in [0.3, 0.4) is 0 Å². The molecular weight excluding hydrogens is 152 g/mol. The normalized spacial score (nSPS) is 9.67. The lowest BCUT2D eigenvalue weighted by Crippen LogP contribution is -2.07. The van der Waals surface area contributed by atoms with E-state index in [0.29, 0.717) is 0 Å². The lowest BCUT2D eigenvalue weighted by atomic mass is 10.9. The van der Waals surface area contributed by atoms with Gasteiger partial charge in [0.25, 0.3) is 0 Å². The predicted molar refractivity (Wildman–Crippen MR) is 43.7 cm³/mol. The molecule has 1 heterocycles. The number of hydrogen-bond donors (Lipinski definition) is 1. The summed E-state index contributed by atoms with van der Waals surface area (Å²) >= 11 is 5.70. The third-order valence-electron chi connectivity index (χ3n) is 0.864. The SMILES string of the molecule is CN(C)c1ncc(S)s1. The number of aromatic nitrogens is 1. The standard InChI is InChI=1S/C5H8N2S2/c1-7(2)5-6-3-4(8)9-5/h3,8H,1-2H3. The van der Waals surface area contributed by atoms with E-state index in [1.165, 1.54) is 0 Å². The number of rotatable bonds is 1. The molecule has 2 nitrogen and oxygen atoms in total. The fraction of sp³-hybridized carbons (Fsp3) is 0.400. The maximum atomic E-state index is 4.13. The van der Waals surface area contributed by atoms with E-state index in [2.05, 4.69) is 17.6 Å². The molecule has 1 aromatic heterocycles. The Morgan fingerprint density at radius 1 is 1.67 bits per heavy atom. The van der Waals surface area contributed by atoms with Crippen molar-refractivity contribution in [3.63, 3.8) is 0 Å². The first-order valence-corrected chi connectivity index (χ1v) is 3.78. The highest BCUT2D eigenvalue weighted by atomic mass is 32.2. The molecule has 0 atom stereocenters. The van der Waals surface area contributed by atoms with Crippen LogP contribution in [0.1, 0.15) is 0 Å². The Labute approximate surface area is 63.9 Å². The van der Waals surface area contributed by atoms with Crippen LogP contribution in [0.4, 0.5) is 5.13 Å². The summed E-state index contributed by atoms with van der Waals surface area (Å²) in [6.45, 7) is 0. The molecular formula is C5H8N2S2. The van der Waals surface area contributed by atoms with Crippen molar-refractivity contribution in [1.82, 2.24) is 4.98 Å². The fourth-order valence-corrected chi connectivity index (χ4v) is 1.35. The lowest BCUT2D eigenvalue weighted by Gasteiger charge is -2.04. The molecule has 0 aliphatic rings. The minimum absolute atomic E-state index is 0.957. The fourth-order valence-electron chi connectivity index (χ4n) is 0.463. The molecule has 0 aliphatic heterocycles. The van der Waals surface area contributed by atoms with Crippen LogP contribution in [0.15, 0.2) is 10.4 Å². The quantitative estimate of drug-likeness (QED) is 0.627. The largest absolute Gasteiger partial charge is 0.354 e. The van der Waals surface area contributed by atoms with Gasteiger partial charge in [-0.2, -0.15) is 0 Å². The summed E-state index contributed by atoms with van der Waals surface area (Å²) in [6.07, 6.45) is 1.75. The number of nitrogens with zero attached hydrogens (tertiary/aromatic N) is 2. The zero-order chi connectivity index (χ0) is 6.85. The third kappa shape index (κ3) is 1.59. The molecule has 0 saturated heterocycles. The van der Waals surface area contributed by atoms with Gasteiger partial charge in [0.15, 0.2) is 5.13 Å². The van der Waals surface area contributed by atoms with Crippen molar-refractivity contribution in [1.29, 1.82) is 0 Å². The summed E-state index contributed by atoms with van der Waals surface area (Å²) in [6, 6.07) is 0. The van der Waals surface area contributed by atoms with Gasteiger partial charge >= 0.3 is 0 Å². The van der Waals surface area contributed by atoms with Crippen molar-refractivity contribution in [3.8, 4) is 0 Å². The second-order valence-corrected chi connectivity index (χ2v) is 3.67. The van der Waals surface area contributed by atoms with Gasteiger partial charge in [0.2, 0.25) is 0 Å². The summed E-state index contributed by atoms with van der Waals surface area (Å²) in [5.74, 6) is 0. The number of thiazole rings is 1. The van der Waals surface area contributed by atoms with Gasteiger partial charge in [0, 0.05) is 14.1 Å². The molecule has 4 heteroatoms. The molecule has 0 bridgehead atoms. The van der Waals surface area contributed by atoms with Gasteiger partial charge in [-0.05, 0) is 0 Å². The molecule has 0 spiro atoms. The molecule has 0 saturated carbocycles. The first-order chi connectivity index (χ1) is 4.20. The van der Waals surface area contributed by atoms with E-state index < -0.39 is 0 Å². The van der Waals surface area contributed by atoms with E-state index in [9.17, 15) is 0 Å². The van der Waals surface area contributed by atoms with Crippen molar-refractivity contribution in [2.75, 3.05) is 19.0 Å². The van der Waals surface area contributed by atoms with Crippen LogP contribution >= 0.6 is 24.0 Å². The molecule has 1 rings (SSSR count). The summed E-state index contributed by atoms with van der Waals surface area (Å²) in [7, 11) is 3.93. The van der Waals surface area contributed by atoms with E-state index in [-0.39, 0.29) is 0 Å². The minimum atomic E-state index is 0.957. The highest BCUT2D eigenvalue weighted by Gasteiger charge is 1.98. The monoisotopic (exact) mass is 160 g/mol. The third-order valence-corrected chi connectivity index (χ3v) is 2.22. The van der Waals surface area contributed by atoms with E-state index in [0.717, 1.165) is 9.34 Å². The molecule has 0 radical (unpaired) electrons. The van der Waals surface area contributed by atoms with E-state index >= 15 is 0 Å². The molecule has 0 unspecified atom stereocenters. The smallest absolute Gasteiger partial charge is 0.185 e. The maximum absolute atomic E-state index is 4.13. The summed E-state index contributed by atoms with van der Waals surface area (Å²) in [5.41, 5.74) is 0. The number of thiol groups is 1. The topological polar surface area (TPSA) is 16.1 Å². The molecule has 0 amide bonds. The van der Waals surface area contributed by atoms with Crippen molar-refractivity contribution in [2.45, 2.75) is 4.21 Å². The Hall–Kier alpha value is -0.220. The minimum Gasteiger partial charge on any atom is -0.354 e. The van der Waals surface area contributed by atoms with Gasteiger partial charge < -0.3 is 4.90 Å². The first-order valence-electron chi connectivity index (χ1n) is 2.52. The number of hydrogen-bond acceptors (Lipinski definition) is 4. The Bertz CT molecular complexity index is 195. The molecule has 0 fully saturated rings. The summed E-state index contributed by atoms with van der Waals surface area (Å²) in [5, 5.41) is 1.00. The average Bonchev–Trinajstić information content (AvgIpc) is 2.14. The molecule has 0 N–H and O–H groups in total. The average molecular weight is 160 g/mol. The van der Waals surface area contributed by atoms with Crippen LogP contribution < -0.4 is 4.90 Å². The van der Waals surface area contributed by atoms with Gasteiger partial charge in [-0.1, -0.05) is 11.3 Å². The summed E-state index contributed by atoms with van der Waals surface area (Å²) in [4.78, 5) is 6.05. The Balaban J connectivity index is 2.85. The van der Waals surface area contributed by atoms with Gasteiger partial charge in [-0.15, -0.1) is 12.6 Å². The van der Waals surface area contributed by atoms with Crippen molar-refractivity contribution < 1.29 is 0 Å². The second kappa shape index (κ2) is 2.58. The summed E-state index contributed by atoms with van der Waals surface area (Å²) < 4.78 is 0.957. The molecule has 0 aliphatic carbocycles.